The van der Waals surface area contributed by atoms with E-state index >= 15 is 0 Å². The molecule has 13 heteroatoms. The van der Waals surface area contributed by atoms with Crippen LogP contribution in [0.3, 0.4) is 0 Å². The molecule has 0 rings (SSSR count). The Balaban J connectivity index is 4.97. The third kappa shape index (κ3) is 9.01. The summed E-state index contributed by atoms with van der Waals surface area (Å²) in [6.45, 7) is 2.42. The molecule has 8 N–H and O–H groups in total. The second-order valence-corrected chi connectivity index (χ2v) is 6.44. The van der Waals surface area contributed by atoms with Crippen LogP contribution >= 0.6 is 12.6 Å². The van der Waals surface area contributed by atoms with Crippen molar-refractivity contribution in [2.45, 2.75) is 57.0 Å². The van der Waals surface area contributed by atoms with E-state index in [0.717, 1.165) is 0 Å². The number of aliphatic carboxylic acids is 2. The van der Waals surface area contributed by atoms with Crippen molar-refractivity contribution >= 4 is 42.3 Å². The number of rotatable bonds is 12. The predicted octanol–water partition coefficient (Wildman–Crippen LogP) is -2.95. The number of carboxylic acids is 2. The van der Waals surface area contributed by atoms with E-state index in [-0.39, 0.29) is 18.6 Å². The molecule has 0 saturated carbocycles. The van der Waals surface area contributed by atoms with Gasteiger partial charge in [-0.25, -0.2) is 0 Å². The molecule has 3 amide bonds. The van der Waals surface area contributed by atoms with Gasteiger partial charge in [0.05, 0.1) is 12.1 Å². The minimum Gasteiger partial charge on any atom is -0.481 e. The summed E-state index contributed by atoms with van der Waals surface area (Å²) in [6, 6.07) is -5.12. The van der Waals surface area contributed by atoms with Crippen molar-refractivity contribution in [3.05, 3.63) is 0 Å². The number of hydrogen-bond donors (Lipinski definition) is 8. The molecule has 160 valence electrons. The largest absolute Gasteiger partial charge is 0.481 e. The first kappa shape index (κ1) is 25.6. The van der Waals surface area contributed by atoms with Gasteiger partial charge in [-0.15, -0.1) is 0 Å². The van der Waals surface area contributed by atoms with Crippen LogP contribution in [0.1, 0.15) is 26.7 Å². The first-order chi connectivity index (χ1) is 12.9. The molecule has 28 heavy (non-hydrogen) atoms. The third-order valence-corrected chi connectivity index (χ3v) is 3.98. The molecule has 0 fully saturated rings. The zero-order chi connectivity index (χ0) is 22.0. The number of aliphatic hydroxyl groups excluding tert-OH is 1. The van der Waals surface area contributed by atoms with Gasteiger partial charge < -0.3 is 37.0 Å². The highest BCUT2D eigenvalue weighted by Crippen LogP contribution is 2.00. The Morgan fingerprint density at radius 2 is 1.54 bits per heavy atom. The molecule has 0 aliphatic carbocycles. The first-order valence-electron chi connectivity index (χ1n) is 8.30. The van der Waals surface area contributed by atoms with E-state index in [4.69, 9.17) is 15.9 Å². The van der Waals surface area contributed by atoms with Gasteiger partial charge in [0.25, 0.3) is 0 Å². The minimum absolute atomic E-state index is 0.145. The highest BCUT2D eigenvalue weighted by Gasteiger charge is 2.31. The maximum absolute atomic E-state index is 12.3. The summed E-state index contributed by atoms with van der Waals surface area (Å²) in [5.74, 6) is -5.19. The van der Waals surface area contributed by atoms with Crippen LogP contribution < -0.4 is 21.7 Å². The summed E-state index contributed by atoms with van der Waals surface area (Å²) >= 11 is 3.94. The van der Waals surface area contributed by atoms with Gasteiger partial charge >= 0.3 is 11.9 Å². The number of amides is 3. The van der Waals surface area contributed by atoms with Gasteiger partial charge in [0.2, 0.25) is 17.7 Å². The van der Waals surface area contributed by atoms with Gasteiger partial charge in [-0.05, 0) is 20.3 Å². The molecule has 0 aliphatic heterocycles. The SMILES string of the molecule is CC(NC(=O)C(NC(=O)C(CS)NC(=O)C(N)CCC(=O)O)C(C)O)C(=O)O. The normalized spacial score (nSPS) is 16.0. The lowest BCUT2D eigenvalue weighted by atomic mass is 10.1. The molecule has 0 aromatic heterocycles. The van der Waals surface area contributed by atoms with Crippen LogP contribution in [0.5, 0.6) is 0 Å². The van der Waals surface area contributed by atoms with Gasteiger partial charge in [0, 0.05) is 12.2 Å². The van der Waals surface area contributed by atoms with E-state index in [9.17, 15) is 29.1 Å². The lowest BCUT2D eigenvalue weighted by Crippen LogP contribution is -2.60. The van der Waals surface area contributed by atoms with E-state index < -0.39 is 59.9 Å². The highest BCUT2D eigenvalue weighted by molar-refractivity contribution is 7.80. The van der Waals surface area contributed by atoms with Crippen molar-refractivity contribution in [1.29, 1.82) is 0 Å². The van der Waals surface area contributed by atoms with Crippen molar-refractivity contribution in [3.63, 3.8) is 0 Å². The van der Waals surface area contributed by atoms with Gasteiger partial charge in [-0.3, -0.25) is 24.0 Å². The fourth-order valence-corrected chi connectivity index (χ4v) is 2.16. The standard InChI is InChI=1S/C15H26N4O8S/c1-6(15(26)27)17-14(25)11(7(2)20)19-13(24)9(5-28)18-12(23)8(16)3-4-10(21)22/h6-9,11,20,28H,3-5,16H2,1-2H3,(H,17,25)(H,18,23)(H,19,24)(H,21,22)(H,26,27). The maximum Gasteiger partial charge on any atom is 0.325 e. The Labute approximate surface area is 166 Å². The van der Waals surface area contributed by atoms with Gasteiger partial charge in [-0.2, -0.15) is 12.6 Å². The zero-order valence-electron chi connectivity index (χ0n) is 15.4. The highest BCUT2D eigenvalue weighted by atomic mass is 32.1. The van der Waals surface area contributed by atoms with Crippen molar-refractivity contribution in [2.75, 3.05) is 5.75 Å². The lowest BCUT2D eigenvalue weighted by molar-refractivity contribution is -0.142. The Bertz CT molecular complexity index is 601. The molecule has 12 nitrogen and oxygen atoms in total. The average molecular weight is 422 g/mol. The fourth-order valence-electron chi connectivity index (χ4n) is 1.91. The summed E-state index contributed by atoms with van der Waals surface area (Å²) in [6.07, 6.45) is -1.84. The monoisotopic (exact) mass is 422 g/mol. The molecular weight excluding hydrogens is 396 g/mol. The lowest BCUT2D eigenvalue weighted by Gasteiger charge is -2.25. The summed E-state index contributed by atoms with van der Waals surface area (Å²) in [5, 5.41) is 33.7. The Hall–Kier alpha value is -2.38. The number of hydrogen-bond acceptors (Lipinski definition) is 8. The van der Waals surface area contributed by atoms with Crippen LogP contribution in [-0.4, -0.2) is 81.0 Å². The quantitative estimate of drug-likeness (QED) is 0.151. The summed E-state index contributed by atoms with van der Waals surface area (Å²) in [4.78, 5) is 57.7. The first-order valence-corrected chi connectivity index (χ1v) is 8.94. The zero-order valence-corrected chi connectivity index (χ0v) is 16.3. The topological polar surface area (TPSA) is 208 Å². The smallest absolute Gasteiger partial charge is 0.325 e. The number of thiol groups is 1. The number of aliphatic hydroxyl groups is 1. The van der Waals surface area contributed by atoms with E-state index in [1.165, 1.54) is 13.8 Å². The molecule has 0 heterocycles. The van der Waals surface area contributed by atoms with Crippen LogP contribution in [0.2, 0.25) is 0 Å². The fraction of sp³-hybridized carbons (Fsp3) is 0.667. The van der Waals surface area contributed by atoms with E-state index in [1.54, 1.807) is 0 Å². The number of carboxylic acid groups (broad SMARTS) is 2. The van der Waals surface area contributed by atoms with E-state index in [0.29, 0.717) is 0 Å². The number of carbonyl (C=O) groups is 5. The molecule has 0 radical (unpaired) electrons. The summed E-state index contributed by atoms with van der Waals surface area (Å²) in [5.41, 5.74) is 5.56. The molecule has 0 saturated heterocycles. The molecule has 5 atom stereocenters. The second-order valence-electron chi connectivity index (χ2n) is 6.08. The maximum atomic E-state index is 12.3. The number of carbonyl (C=O) groups excluding carboxylic acids is 3. The van der Waals surface area contributed by atoms with Gasteiger partial charge in [0.1, 0.15) is 18.1 Å². The van der Waals surface area contributed by atoms with Crippen LogP contribution in [0.25, 0.3) is 0 Å². The van der Waals surface area contributed by atoms with E-state index in [2.05, 4.69) is 28.6 Å². The number of nitrogens with one attached hydrogen (secondary N) is 3. The molecule has 0 spiro atoms. The minimum atomic E-state index is -1.48. The van der Waals surface area contributed by atoms with Crippen LogP contribution in [0, 0.1) is 0 Å². The predicted molar refractivity (Wildman–Crippen MR) is 99.5 cm³/mol. The molecule has 0 bridgehead atoms. The molecule has 0 aromatic carbocycles. The van der Waals surface area contributed by atoms with Crippen molar-refractivity contribution < 1.29 is 39.3 Å². The van der Waals surface area contributed by atoms with Crippen LogP contribution in [0.4, 0.5) is 0 Å². The Kier molecular flexibility index (Phi) is 11.1. The molecule has 0 aliphatic rings. The number of nitrogens with two attached hydrogens (primary N) is 1. The van der Waals surface area contributed by atoms with Crippen molar-refractivity contribution in [3.8, 4) is 0 Å². The van der Waals surface area contributed by atoms with Crippen LogP contribution in [0.15, 0.2) is 0 Å². The van der Waals surface area contributed by atoms with Gasteiger partial charge in [0.15, 0.2) is 0 Å². The Morgan fingerprint density at radius 1 is 0.964 bits per heavy atom. The van der Waals surface area contributed by atoms with Crippen molar-refractivity contribution in [2.24, 2.45) is 5.73 Å². The Morgan fingerprint density at radius 3 is 1.96 bits per heavy atom. The van der Waals surface area contributed by atoms with Crippen molar-refractivity contribution in [1.82, 2.24) is 16.0 Å². The third-order valence-electron chi connectivity index (χ3n) is 3.61. The second kappa shape index (κ2) is 12.2. The van der Waals surface area contributed by atoms with Crippen LogP contribution in [-0.2, 0) is 24.0 Å². The van der Waals surface area contributed by atoms with Gasteiger partial charge in [-0.1, -0.05) is 0 Å². The molecule has 0 aromatic rings. The molecule has 5 unspecified atom stereocenters. The summed E-state index contributed by atoms with van der Waals surface area (Å²) < 4.78 is 0. The van der Waals surface area contributed by atoms with E-state index in [1.807, 2.05) is 0 Å². The molecular formula is C15H26N4O8S. The summed E-state index contributed by atoms with van der Waals surface area (Å²) in [7, 11) is 0. The average Bonchev–Trinajstić information content (AvgIpc) is 2.60.